The van der Waals surface area contributed by atoms with Gasteiger partial charge in [-0.25, -0.2) is 19.2 Å². The standard InChI is InChI=1S/C35H36ClFN6O5/c1-20-24(14-16-38-31(20)25-7-6-8-27(29(25)36)41-32-30(37)22(19-44)13-15-39-32)26-11-9-21(33(42-26)47-5)17-43(34(46)48-35(2,3)4)18-23-10-12-28(45)40-23/h6-9,11,13-16,19,23H,10,12,17-18H2,1-5H3,(H,39,41)(H,40,45)/t23-/m0/s1. The van der Waals surface area contributed by atoms with Gasteiger partial charge in [-0.3, -0.25) is 14.6 Å². The number of nitrogens with one attached hydrogen (secondary N) is 2. The fourth-order valence-electron chi connectivity index (χ4n) is 5.39. The van der Waals surface area contributed by atoms with Gasteiger partial charge in [0.25, 0.3) is 0 Å². The lowest BCUT2D eigenvalue weighted by atomic mass is 9.99. The second-order valence-corrected chi connectivity index (χ2v) is 12.7. The third-order valence-corrected chi connectivity index (χ3v) is 8.11. The van der Waals surface area contributed by atoms with E-state index in [9.17, 15) is 18.8 Å². The van der Waals surface area contributed by atoms with E-state index in [2.05, 4.69) is 20.6 Å². The van der Waals surface area contributed by atoms with Crippen LogP contribution in [0.25, 0.3) is 22.5 Å². The van der Waals surface area contributed by atoms with Crippen LogP contribution in [0.1, 0.15) is 55.1 Å². The summed E-state index contributed by atoms with van der Waals surface area (Å²) in [5.74, 6) is -0.634. The summed E-state index contributed by atoms with van der Waals surface area (Å²) in [6, 6.07) is 11.8. The highest BCUT2D eigenvalue weighted by molar-refractivity contribution is 6.36. The molecule has 1 saturated heterocycles. The maximum atomic E-state index is 14.7. The first-order valence-corrected chi connectivity index (χ1v) is 15.7. The van der Waals surface area contributed by atoms with Crippen molar-refractivity contribution in [1.82, 2.24) is 25.2 Å². The monoisotopic (exact) mass is 674 g/mol. The van der Waals surface area contributed by atoms with E-state index < -0.39 is 17.5 Å². The molecule has 4 heterocycles. The Hall–Kier alpha value is -5.10. The van der Waals surface area contributed by atoms with Gasteiger partial charge >= 0.3 is 6.09 Å². The third kappa shape index (κ3) is 7.71. The van der Waals surface area contributed by atoms with Crippen molar-refractivity contribution in [3.63, 3.8) is 0 Å². The normalized spacial score (nSPS) is 14.3. The Morgan fingerprint density at radius 1 is 1.15 bits per heavy atom. The Balaban J connectivity index is 1.44. The molecule has 3 aromatic heterocycles. The molecule has 1 aliphatic heterocycles. The lowest BCUT2D eigenvalue weighted by Crippen LogP contribution is -2.43. The summed E-state index contributed by atoms with van der Waals surface area (Å²) in [6.07, 6.45) is 3.93. The molecular weight excluding hydrogens is 639 g/mol. The van der Waals surface area contributed by atoms with E-state index in [0.717, 1.165) is 11.1 Å². The van der Waals surface area contributed by atoms with Crippen LogP contribution in [-0.2, 0) is 16.1 Å². The second kappa shape index (κ2) is 14.3. The van der Waals surface area contributed by atoms with Gasteiger partial charge in [0.15, 0.2) is 17.9 Å². The predicted molar refractivity (Wildman–Crippen MR) is 180 cm³/mol. The minimum Gasteiger partial charge on any atom is -0.481 e. The molecule has 1 aromatic carbocycles. The third-order valence-electron chi connectivity index (χ3n) is 7.70. The van der Waals surface area contributed by atoms with E-state index in [4.69, 9.17) is 26.1 Å². The maximum Gasteiger partial charge on any atom is 0.410 e. The molecule has 4 aromatic rings. The maximum absolute atomic E-state index is 14.7. The first-order chi connectivity index (χ1) is 22.9. The molecule has 5 rings (SSSR count). The lowest BCUT2D eigenvalue weighted by Gasteiger charge is -2.29. The van der Waals surface area contributed by atoms with Gasteiger partial charge in [0.2, 0.25) is 11.8 Å². The van der Waals surface area contributed by atoms with Crippen LogP contribution >= 0.6 is 11.6 Å². The Bertz CT molecular complexity index is 1860. The number of halogens is 2. The van der Waals surface area contributed by atoms with Crippen LogP contribution < -0.4 is 15.4 Å². The highest BCUT2D eigenvalue weighted by atomic mass is 35.5. The van der Waals surface area contributed by atoms with Gasteiger partial charge in [0, 0.05) is 48.1 Å². The van der Waals surface area contributed by atoms with Gasteiger partial charge in [-0.2, -0.15) is 0 Å². The summed E-state index contributed by atoms with van der Waals surface area (Å²) in [7, 11) is 1.51. The number of methoxy groups -OCH3 is 1. The smallest absolute Gasteiger partial charge is 0.410 e. The molecule has 0 saturated carbocycles. The number of anilines is 2. The molecule has 0 unspecified atom stereocenters. The number of carbonyl (C=O) groups is 3. The van der Waals surface area contributed by atoms with Crippen molar-refractivity contribution in [2.75, 3.05) is 19.0 Å². The van der Waals surface area contributed by atoms with Crippen LogP contribution in [0.15, 0.2) is 54.9 Å². The van der Waals surface area contributed by atoms with Gasteiger partial charge in [-0.15, -0.1) is 0 Å². The first-order valence-electron chi connectivity index (χ1n) is 15.3. The van der Waals surface area contributed by atoms with Crippen molar-refractivity contribution >= 4 is 41.4 Å². The highest BCUT2D eigenvalue weighted by Gasteiger charge is 2.29. The molecule has 0 spiro atoms. The number of aromatic nitrogens is 3. The van der Waals surface area contributed by atoms with Crippen molar-refractivity contribution in [3.8, 4) is 28.4 Å². The average molecular weight is 675 g/mol. The first kappa shape index (κ1) is 34.2. The van der Waals surface area contributed by atoms with Crippen LogP contribution in [0.5, 0.6) is 5.88 Å². The van der Waals surface area contributed by atoms with Gasteiger partial charge < -0.3 is 25.0 Å². The number of pyridine rings is 3. The van der Waals surface area contributed by atoms with E-state index in [1.54, 1.807) is 50.1 Å². The number of amides is 2. The molecule has 1 fully saturated rings. The molecule has 0 aliphatic carbocycles. The number of ether oxygens (including phenoxy) is 2. The quantitative estimate of drug-likeness (QED) is 0.172. The second-order valence-electron chi connectivity index (χ2n) is 12.3. The number of nitrogens with zero attached hydrogens (tertiary/aromatic N) is 4. The predicted octanol–water partition coefficient (Wildman–Crippen LogP) is 6.89. The van der Waals surface area contributed by atoms with Crippen molar-refractivity contribution in [3.05, 3.63) is 82.4 Å². The summed E-state index contributed by atoms with van der Waals surface area (Å²) in [6.45, 7) is 7.72. The molecule has 2 N–H and O–H groups in total. The van der Waals surface area contributed by atoms with Gasteiger partial charge in [-0.05, 0) is 70.0 Å². The molecule has 0 radical (unpaired) electrons. The molecule has 1 aliphatic rings. The number of aldehydes is 1. The van der Waals surface area contributed by atoms with Gasteiger partial charge in [-0.1, -0.05) is 23.7 Å². The van der Waals surface area contributed by atoms with E-state index >= 15 is 0 Å². The molecule has 11 nitrogen and oxygen atoms in total. The molecule has 250 valence electrons. The van der Waals surface area contributed by atoms with Crippen molar-refractivity contribution in [2.45, 2.75) is 58.7 Å². The summed E-state index contributed by atoms with van der Waals surface area (Å²) in [4.78, 5) is 51.2. The molecule has 2 amide bonds. The summed E-state index contributed by atoms with van der Waals surface area (Å²) >= 11 is 6.82. The number of rotatable bonds is 10. The summed E-state index contributed by atoms with van der Waals surface area (Å²) in [5, 5.41) is 6.08. The largest absolute Gasteiger partial charge is 0.481 e. The minimum atomic E-state index is -0.784. The number of hydrogen-bond acceptors (Lipinski definition) is 9. The van der Waals surface area contributed by atoms with Crippen molar-refractivity contribution < 1.29 is 28.2 Å². The zero-order valence-corrected chi connectivity index (χ0v) is 28.0. The summed E-state index contributed by atoms with van der Waals surface area (Å²) < 4.78 is 26.1. The summed E-state index contributed by atoms with van der Waals surface area (Å²) in [5.41, 5.74) is 3.52. The minimum absolute atomic E-state index is 0.0422. The van der Waals surface area contributed by atoms with E-state index in [1.165, 1.54) is 19.4 Å². The highest BCUT2D eigenvalue weighted by Crippen LogP contribution is 2.38. The lowest BCUT2D eigenvalue weighted by molar-refractivity contribution is -0.119. The fraction of sp³-hybridized carbons (Fsp3) is 0.314. The molecule has 48 heavy (non-hydrogen) atoms. The van der Waals surface area contributed by atoms with E-state index in [1.807, 2.05) is 25.1 Å². The van der Waals surface area contributed by atoms with Gasteiger partial charge in [0.1, 0.15) is 5.60 Å². The number of benzene rings is 1. The zero-order valence-electron chi connectivity index (χ0n) is 27.3. The molecule has 13 heteroatoms. The Morgan fingerprint density at radius 3 is 2.60 bits per heavy atom. The van der Waals surface area contributed by atoms with Crippen molar-refractivity contribution in [2.24, 2.45) is 0 Å². The zero-order chi connectivity index (χ0) is 34.6. The number of hydrogen-bond donors (Lipinski definition) is 2. The Labute approximate surface area is 282 Å². The molecular formula is C35H36ClFN6O5. The van der Waals surface area contributed by atoms with Crippen molar-refractivity contribution in [1.29, 1.82) is 0 Å². The fourth-order valence-corrected chi connectivity index (χ4v) is 5.66. The van der Waals surface area contributed by atoms with Gasteiger partial charge in [0.05, 0.1) is 41.3 Å². The van der Waals surface area contributed by atoms with Crippen LogP contribution in [-0.4, -0.2) is 63.4 Å². The van der Waals surface area contributed by atoms with Crippen LogP contribution in [0.2, 0.25) is 5.02 Å². The van der Waals surface area contributed by atoms with E-state index in [0.29, 0.717) is 53.2 Å². The van der Waals surface area contributed by atoms with E-state index in [-0.39, 0.29) is 41.4 Å². The van der Waals surface area contributed by atoms with Crippen LogP contribution in [0.4, 0.5) is 20.7 Å². The average Bonchev–Trinajstić information content (AvgIpc) is 3.46. The SMILES string of the molecule is COc1nc(-c2ccnc(-c3cccc(Nc4nccc(C=O)c4F)c3Cl)c2C)ccc1CN(C[C@@H]1CCC(=O)N1)C(=O)OC(C)(C)C. The van der Waals surface area contributed by atoms with Crippen LogP contribution in [0.3, 0.4) is 0 Å². The Morgan fingerprint density at radius 2 is 1.92 bits per heavy atom. The molecule has 1 atom stereocenters. The number of carbonyl (C=O) groups excluding carboxylic acids is 3. The topological polar surface area (TPSA) is 136 Å². The Kier molecular flexibility index (Phi) is 10.2. The molecule has 0 bridgehead atoms. The van der Waals surface area contributed by atoms with Crippen LogP contribution in [0, 0.1) is 12.7 Å².